The normalized spacial score (nSPS) is 11.9. The van der Waals surface area contributed by atoms with Crippen LogP contribution in [0.2, 0.25) is 0 Å². The first kappa shape index (κ1) is 18.8. The van der Waals surface area contributed by atoms with Gasteiger partial charge in [0.25, 0.3) is 5.91 Å². The summed E-state index contributed by atoms with van der Waals surface area (Å²) in [5.74, 6) is -0.741. The van der Waals surface area contributed by atoms with Gasteiger partial charge in [0.15, 0.2) is 0 Å². The standard InChI is InChI=1S/C22H19N3O3S/c26-19-9-4-3-8-17(19)24-21(27)18(25-22(28)20-10-5-11-29-20)12-14-13-23-16-7-2-1-6-15(14)16/h1-11,13,18,23,26H,12H2,(H,24,27)(H,25,28)/t18-/m0/s1. The number of carbonyl (C=O) groups is 2. The number of thiophene rings is 1. The van der Waals surface area contributed by atoms with E-state index in [0.717, 1.165) is 16.5 Å². The first-order chi connectivity index (χ1) is 14.1. The van der Waals surface area contributed by atoms with Crippen LogP contribution in [0, 0.1) is 0 Å². The Labute approximate surface area is 171 Å². The Morgan fingerprint density at radius 1 is 1.03 bits per heavy atom. The maximum atomic E-state index is 13.0. The molecule has 6 nitrogen and oxygen atoms in total. The van der Waals surface area contributed by atoms with E-state index < -0.39 is 11.9 Å². The second kappa shape index (κ2) is 8.20. The molecule has 2 aromatic heterocycles. The largest absolute Gasteiger partial charge is 0.506 e. The number of aromatic amines is 1. The molecule has 4 aromatic rings. The number of benzene rings is 2. The summed E-state index contributed by atoms with van der Waals surface area (Å²) < 4.78 is 0. The topological polar surface area (TPSA) is 94.2 Å². The summed E-state index contributed by atoms with van der Waals surface area (Å²) in [6, 6.07) is 17.0. The van der Waals surface area contributed by atoms with Gasteiger partial charge in [-0.15, -0.1) is 11.3 Å². The Kier molecular flexibility index (Phi) is 5.31. The molecule has 0 spiro atoms. The van der Waals surface area contributed by atoms with Crippen molar-refractivity contribution in [3.05, 3.63) is 82.7 Å². The van der Waals surface area contributed by atoms with Crippen molar-refractivity contribution in [3.63, 3.8) is 0 Å². The lowest BCUT2D eigenvalue weighted by Crippen LogP contribution is -2.45. The summed E-state index contributed by atoms with van der Waals surface area (Å²) in [6.45, 7) is 0. The van der Waals surface area contributed by atoms with Crippen molar-refractivity contribution in [3.8, 4) is 5.75 Å². The highest BCUT2D eigenvalue weighted by Crippen LogP contribution is 2.23. The summed E-state index contributed by atoms with van der Waals surface area (Å²) in [5.41, 5.74) is 2.18. The van der Waals surface area contributed by atoms with E-state index in [-0.39, 0.29) is 11.7 Å². The number of phenolic OH excluding ortho intramolecular Hbond substituents is 1. The molecule has 0 unspecified atom stereocenters. The highest BCUT2D eigenvalue weighted by molar-refractivity contribution is 7.12. The number of hydrogen-bond acceptors (Lipinski definition) is 4. The Morgan fingerprint density at radius 2 is 1.83 bits per heavy atom. The van der Waals surface area contributed by atoms with Crippen LogP contribution in [0.5, 0.6) is 5.75 Å². The second-order valence-corrected chi connectivity index (χ2v) is 7.52. The monoisotopic (exact) mass is 405 g/mol. The highest BCUT2D eigenvalue weighted by atomic mass is 32.1. The van der Waals surface area contributed by atoms with Crippen molar-refractivity contribution >= 4 is 39.7 Å². The molecule has 2 amide bonds. The second-order valence-electron chi connectivity index (χ2n) is 6.57. The molecular weight excluding hydrogens is 386 g/mol. The molecular formula is C22H19N3O3S. The fraction of sp³-hybridized carbons (Fsp3) is 0.0909. The zero-order valence-electron chi connectivity index (χ0n) is 15.4. The Morgan fingerprint density at radius 3 is 2.62 bits per heavy atom. The molecule has 0 bridgehead atoms. The molecule has 1 atom stereocenters. The van der Waals surface area contributed by atoms with Crippen LogP contribution in [0.15, 0.2) is 72.2 Å². The van der Waals surface area contributed by atoms with E-state index in [2.05, 4.69) is 15.6 Å². The van der Waals surface area contributed by atoms with Crippen molar-refractivity contribution in [2.45, 2.75) is 12.5 Å². The molecule has 146 valence electrons. The van der Waals surface area contributed by atoms with E-state index in [1.807, 2.05) is 35.8 Å². The Balaban J connectivity index is 1.60. The third kappa shape index (κ3) is 4.14. The van der Waals surface area contributed by atoms with E-state index in [1.54, 1.807) is 30.3 Å². The van der Waals surface area contributed by atoms with E-state index in [9.17, 15) is 14.7 Å². The van der Waals surface area contributed by atoms with Gasteiger partial charge in [0, 0.05) is 23.5 Å². The number of fused-ring (bicyclic) bond motifs is 1. The summed E-state index contributed by atoms with van der Waals surface area (Å²) in [6.07, 6.45) is 2.16. The zero-order valence-corrected chi connectivity index (χ0v) is 16.2. The predicted octanol–water partition coefficient (Wildman–Crippen LogP) is 3.91. The van der Waals surface area contributed by atoms with Crippen molar-refractivity contribution in [1.82, 2.24) is 10.3 Å². The van der Waals surface area contributed by atoms with Crippen molar-refractivity contribution in [2.75, 3.05) is 5.32 Å². The predicted molar refractivity (Wildman–Crippen MR) is 114 cm³/mol. The molecule has 0 saturated heterocycles. The Hall–Kier alpha value is -3.58. The minimum atomic E-state index is -0.816. The van der Waals surface area contributed by atoms with Gasteiger partial charge in [-0.25, -0.2) is 0 Å². The van der Waals surface area contributed by atoms with Gasteiger partial charge < -0.3 is 20.7 Å². The molecule has 2 heterocycles. The lowest BCUT2D eigenvalue weighted by molar-refractivity contribution is -0.118. The lowest BCUT2D eigenvalue weighted by atomic mass is 10.0. The van der Waals surface area contributed by atoms with Crippen LogP contribution in [-0.4, -0.2) is 27.9 Å². The average Bonchev–Trinajstić information content (AvgIpc) is 3.40. The van der Waals surface area contributed by atoms with E-state index in [1.165, 1.54) is 17.4 Å². The molecule has 0 aliphatic heterocycles. The van der Waals surface area contributed by atoms with Gasteiger partial charge in [0.2, 0.25) is 5.91 Å². The molecule has 29 heavy (non-hydrogen) atoms. The minimum Gasteiger partial charge on any atom is -0.506 e. The molecule has 0 radical (unpaired) electrons. The van der Waals surface area contributed by atoms with Gasteiger partial charge in [0.1, 0.15) is 11.8 Å². The average molecular weight is 405 g/mol. The van der Waals surface area contributed by atoms with Crippen LogP contribution < -0.4 is 10.6 Å². The van der Waals surface area contributed by atoms with Gasteiger partial charge in [-0.05, 0) is 35.2 Å². The SMILES string of the molecule is O=C(N[C@@H](Cc1c[nH]c2ccccc12)C(=O)Nc1ccccc1O)c1cccs1. The molecule has 0 saturated carbocycles. The van der Waals surface area contributed by atoms with Crippen LogP contribution in [0.1, 0.15) is 15.2 Å². The van der Waals surface area contributed by atoms with Gasteiger partial charge >= 0.3 is 0 Å². The van der Waals surface area contributed by atoms with E-state index in [0.29, 0.717) is 17.0 Å². The van der Waals surface area contributed by atoms with Crippen LogP contribution in [0.3, 0.4) is 0 Å². The fourth-order valence-corrected chi connectivity index (χ4v) is 3.79. The van der Waals surface area contributed by atoms with Crippen molar-refractivity contribution in [1.29, 1.82) is 0 Å². The smallest absolute Gasteiger partial charge is 0.262 e. The zero-order chi connectivity index (χ0) is 20.2. The number of amides is 2. The lowest BCUT2D eigenvalue weighted by Gasteiger charge is -2.18. The summed E-state index contributed by atoms with van der Waals surface area (Å²) in [4.78, 5) is 29.3. The Bertz CT molecular complexity index is 1150. The number of aromatic hydroxyl groups is 1. The summed E-state index contributed by atoms with van der Waals surface area (Å²) in [7, 11) is 0. The van der Waals surface area contributed by atoms with Crippen LogP contribution in [0.25, 0.3) is 10.9 Å². The molecule has 0 fully saturated rings. The molecule has 4 rings (SSSR count). The van der Waals surface area contributed by atoms with Gasteiger partial charge in [-0.3, -0.25) is 9.59 Å². The third-order valence-electron chi connectivity index (χ3n) is 4.63. The van der Waals surface area contributed by atoms with Gasteiger partial charge in [-0.1, -0.05) is 36.4 Å². The molecule has 0 aliphatic carbocycles. The quantitative estimate of drug-likeness (QED) is 0.366. The molecule has 4 N–H and O–H groups in total. The first-order valence-electron chi connectivity index (χ1n) is 9.10. The number of phenols is 1. The minimum absolute atomic E-state index is 0.0312. The molecule has 2 aromatic carbocycles. The highest BCUT2D eigenvalue weighted by Gasteiger charge is 2.24. The van der Waals surface area contributed by atoms with Gasteiger partial charge in [0.05, 0.1) is 10.6 Å². The first-order valence-corrected chi connectivity index (χ1v) is 9.98. The van der Waals surface area contributed by atoms with Crippen LogP contribution >= 0.6 is 11.3 Å². The van der Waals surface area contributed by atoms with E-state index in [4.69, 9.17) is 0 Å². The van der Waals surface area contributed by atoms with Crippen LogP contribution in [-0.2, 0) is 11.2 Å². The number of nitrogens with one attached hydrogen (secondary N) is 3. The third-order valence-corrected chi connectivity index (χ3v) is 5.50. The maximum Gasteiger partial charge on any atom is 0.262 e. The van der Waals surface area contributed by atoms with E-state index >= 15 is 0 Å². The number of hydrogen-bond donors (Lipinski definition) is 4. The van der Waals surface area contributed by atoms with Crippen molar-refractivity contribution < 1.29 is 14.7 Å². The maximum absolute atomic E-state index is 13.0. The van der Waals surface area contributed by atoms with Crippen LogP contribution in [0.4, 0.5) is 5.69 Å². The van der Waals surface area contributed by atoms with Crippen molar-refractivity contribution in [2.24, 2.45) is 0 Å². The summed E-state index contributed by atoms with van der Waals surface area (Å²) in [5, 5.41) is 18.3. The number of aromatic nitrogens is 1. The van der Waals surface area contributed by atoms with Gasteiger partial charge in [-0.2, -0.15) is 0 Å². The number of anilines is 1. The number of rotatable bonds is 6. The number of para-hydroxylation sites is 3. The number of carbonyl (C=O) groups excluding carboxylic acids is 2. The summed E-state index contributed by atoms with van der Waals surface area (Å²) >= 11 is 1.31. The molecule has 7 heteroatoms. The molecule has 0 aliphatic rings. The fourth-order valence-electron chi connectivity index (χ4n) is 3.17. The number of H-pyrrole nitrogens is 1.